The molecule has 1 aromatic carbocycles. The topological polar surface area (TPSA) is 40.7 Å². The van der Waals surface area contributed by atoms with Crippen LogP contribution in [0.25, 0.3) is 0 Å². The molecule has 0 saturated carbocycles. The monoisotopic (exact) mass is 198 g/mol. The molecule has 0 fully saturated rings. The van der Waals surface area contributed by atoms with Crippen LogP contribution in [0.15, 0.2) is 24.3 Å². The Morgan fingerprint density at radius 2 is 1.92 bits per heavy atom. The molecule has 12 heavy (non-hydrogen) atoms. The molecule has 0 aliphatic heterocycles. The van der Waals surface area contributed by atoms with E-state index in [4.69, 9.17) is 13.8 Å². The van der Waals surface area contributed by atoms with Gasteiger partial charge in [0.15, 0.2) is 0 Å². The molecule has 2 N–H and O–H groups in total. The van der Waals surface area contributed by atoms with Crippen molar-refractivity contribution in [2.45, 2.75) is 4.55 Å². The zero-order valence-corrected chi connectivity index (χ0v) is 9.18. The molecule has 0 radical (unpaired) electrons. The highest BCUT2D eigenvalue weighted by Gasteiger charge is 1.95. The van der Waals surface area contributed by atoms with E-state index in [1.54, 1.807) is 7.11 Å². The Morgan fingerprint density at radius 1 is 1.33 bits per heavy atom. The summed E-state index contributed by atoms with van der Waals surface area (Å²) in [6.07, 6.45) is 0. The Bertz CT molecular complexity index is 213. The second-order valence-corrected chi connectivity index (χ2v) is 4.30. The number of benzene rings is 1. The van der Waals surface area contributed by atoms with Crippen molar-refractivity contribution in [3.05, 3.63) is 29.8 Å². The Hall–Kier alpha value is 0.0362. The molecular weight excluding hydrogens is 188 g/mol. The van der Waals surface area contributed by atoms with Gasteiger partial charge in [0, 0.05) is 0 Å². The van der Waals surface area contributed by atoms with Crippen molar-refractivity contribution in [2.75, 3.05) is 7.11 Å². The van der Waals surface area contributed by atoms with Gasteiger partial charge in [0.05, 0.1) is 7.11 Å². The van der Waals surface area contributed by atoms with Crippen LogP contribution in [0.4, 0.5) is 0 Å². The summed E-state index contributed by atoms with van der Waals surface area (Å²) in [4.78, 5) is 0. The third-order valence-electron chi connectivity index (χ3n) is 1.54. The first-order valence-electron chi connectivity index (χ1n) is 3.55. The lowest BCUT2D eigenvalue weighted by Crippen LogP contribution is -1.89. The van der Waals surface area contributed by atoms with Gasteiger partial charge in [-0.15, -0.1) is 0 Å². The molecule has 0 bridgehead atoms. The molecule has 0 aliphatic carbocycles. The Kier molecular flexibility index (Phi) is 6.56. The lowest BCUT2D eigenvalue weighted by atomic mass is 10.2. The highest BCUT2D eigenvalue weighted by molar-refractivity contribution is 6.93. The van der Waals surface area contributed by atoms with Gasteiger partial charge in [0.1, 0.15) is 5.75 Å². The van der Waals surface area contributed by atoms with Gasteiger partial charge in [-0.2, -0.15) is 0 Å². The predicted octanol–water partition coefficient (Wildman–Crippen LogP) is 1.23. The molecule has 1 rings (SSSR count). The van der Waals surface area contributed by atoms with E-state index in [0.29, 0.717) is 0 Å². The van der Waals surface area contributed by atoms with E-state index >= 15 is 0 Å². The van der Waals surface area contributed by atoms with E-state index in [0.717, 1.165) is 10.3 Å². The van der Waals surface area contributed by atoms with Crippen molar-refractivity contribution in [3.63, 3.8) is 0 Å². The Balaban J connectivity index is 0.00000121. The molecule has 1 aromatic rings. The van der Waals surface area contributed by atoms with Crippen LogP contribution in [0.2, 0.25) is 0 Å². The van der Waals surface area contributed by atoms with Crippen LogP contribution in [-0.4, -0.2) is 31.8 Å². The quantitative estimate of drug-likeness (QED) is 0.674. The van der Waals surface area contributed by atoms with Crippen LogP contribution in [0.1, 0.15) is 5.56 Å². The smallest absolute Gasteiger partial charge is 0.497 e. The summed E-state index contributed by atoms with van der Waals surface area (Å²) >= 11 is -0.371. The summed E-state index contributed by atoms with van der Waals surface area (Å²) in [5.74, 6) is 0.907. The SMILES string of the molecule is COc1ccc([CH2][Mg][Cl])cc1.O. The standard InChI is InChI=1S/C8H9O.ClH.Mg.H2O/c1-7-3-5-8(9-2)6-4-7;;;/h3-6H,1H2,2H3;1H;;1H2/q;;+1;/p-1. The predicted molar refractivity (Wildman–Crippen MR) is 51.9 cm³/mol. The number of rotatable bonds is 3. The molecule has 0 aromatic heterocycles. The molecule has 0 unspecified atom stereocenters. The maximum Gasteiger partial charge on any atom is 0.505 e. The largest absolute Gasteiger partial charge is 0.505 e. The van der Waals surface area contributed by atoms with Gasteiger partial charge >= 0.3 is 19.3 Å². The number of hydrogen-bond acceptors (Lipinski definition) is 1. The van der Waals surface area contributed by atoms with Gasteiger partial charge in [0.25, 0.3) is 0 Å². The van der Waals surface area contributed by atoms with Crippen LogP contribution < -0.4 is 4.74 Å². The van der Waals surface area contributed by atoms with Crippen molar-refractivity contribution in [1.82, 2.24) is 0 Å². The van der Waals surface area contributed by atoms with E-state index < -0.39 is 0 Å². The number of hydrogen-bond donors (Lipinski definition) is 0. The first-order valence-corrected chi connectivity index (χ1v) is 6.69. The molecule has 4 heteroatoms. The molecule has 0 atom stereocenters. The first kappa shape index (κ1) is 12.0. The van der Waals surface area contributed by atoms with E-state index in [1.165, 1.54) is 5.56 Å². The minimum atomic E-state index is -0.371. The van der Waals surface area contributed by atoms with Gasteiger partial charge in [-0.1, -0.05) is 22.2 Å². The highest BCUT2D eigenvalue weighted by Crippen LogP contribution is 2.11. The van der Waals surface area contributed by atoms with Crippen molar-refractivity contribution in [2.24, 2.45) is 0 Å². The summed E-state index contributed by atoms with van der Waals surface area (Å²) in [6.45, 7) is 0. The molecule has 0 saturated heterocycles. The van der Waals surface area contributed by atoms with Gasteiger partial charge in [0.2, 0.25) is 0 Å². The fraction of sp³-hybridized carbons (Fsp3) is 0.250. The maximum atomic E-state index is 5.72. The fourth-order valence-corrected chi connectivity index (χ4v) is 2.11. The van der Waals surface area contributed by atoms with Crippen LogP contribution in [-0.2, 0) is 4.55 Å². The highest BCUT2D eigenvalue weighted by atomic mass is 35.5. The summed E-state index contributed by atoms with van der Waals surface area (Å²) in [5.41, 5.74) is 1.31. The van der Waals surface area contributed by atoms with Crippen LogP contribution in [0.5, 0.6) is 5.75 Å². The van der Waals surface area contributed by atoms with E-state index in [1.807, 2.05) is 12.1 Å². The summed E-state index contributed by atoms with van der Waals surface area (Å²) in [5, 5.41) is 0. The summed E-state index contributed by atoms with van der Waals surface area (Å²) in [6, 6.07) is 8.06. The first-order chi connectivity index (χ1) is 5.36. The molecule has 0 spiro atoms. The average Bonchev–Trinajstić information content (AvgIpc) is 2.07. The third kappa shape index (κ3) is 3.62. The third-order valence-corrected chi connectivity index (χ3v) is 2.88. The molecular formula is C8H11ClMgO2. The van der Waals surface area contributed by atoms with E-state index in [2.05, 4.69) is 12.1 Å². The van der Waals surface area contributed by atoms with Crippen molar-refractivity contribution in [1.29, 1.82) is 0 Å². The summed E-state index contributed by atoms with van der Waals surface area (Å²) in [7, 11) is 7.39. The molecule has 64 valence electrons. The number of ether oxygens (including phenoxy) is 1. The maximum absolute atomic E-state index is 5.72. The lowest BCUT2D eigenvalue weighted by molar-refractivity contribution is 0.414. The molecule has 0 heterocycles. The van der Waals surface area contributed by atoms with Crippen LogP contribution >= 0.6 is 9.07 Å². The zero-order valence-electron chi connectivity index (χ0n) is 7.01. The molecule has 2 nitrogen and oxygen atoms in total. The number of methoxy groups -OCH3 is 1. The van der Waals surface area contributed by atoms with Gasteiger partial charge < -0.3 is 19.3 Å². The Labute approximate surface area is 85.7 Å². The molecule has 0 aliphatic rings. The minimum Gasteiger partial charge on any atom is -0.497 e. The van der Waals surface area contributed by atoms with Gasteiger partial charge in [-0.25, -0.2) is 0 Å². The molecule has 0 amide bonds. The average molecular weight is 199 g/mol. The second-order valence-electron chi connectivity index (χ2n) is 2.29. The van der Waals surface area contributed by atoms with Gasteiger partial charge in [-0.05, 0) is 12.1 Å². The van der Waals surface area contributed by atoms with Crippen LogP contribution in [0.3, 0.4) is 0 Å². The van der Waals surface area contributed by atoms with Crippen molar-refractivity contribution < 1.29 is 10.2 Å². The normalized spacial score (nSPS) is 8.17. The van der Waals surface area contributed by atoms with Crippen molar-refractivity contribution in [3.8, 4) is 5.75 Å². The van der Waals surface area contributed by atoms with Crippen LogP contribution in [0, 0.1) is 0 Å². The lowest BCUT2D eigenvalue weighted by Gasteiger charge is -2.00. The van der Waals surface area contributed by atoms with Gasteiger partial charge in [-0.3, -0.25) is 0 Å². The zero-order chi connectivity index (χ0) is 8.10. The fourth-order valence-electron chi connectivity index (χ4n) is 0.901. The second kappa shape index (κ2) is 6.54. The minimum absolute atomic E-state index is 0. The Morgan fingerprint density at radius 3 is 2.33 bits per heavy atom. The number of halogens is 1. The van der Waals surface area contributed by atoms with E-state index in [-0.39, 0.29) is 24.7 Å². The van der Waals surface area contributed by atoms with E-state index in [9.17, 15) is 0 Å². The summed E-state index contributed by atoms with van der Waals surface area (Å²) < 4.78 is 6.09. The van der Waals surface area contributed by atoms with Crippen molar-refractivity contribution >= 4 is 28.3 Å².